The molecule has 0 atom stereocenters. The summed E-state index contributed by atoms with van der Waals surface area (Å²) >= 11 is 0. The van der Waals surface area contributed by atoms with Crippen molar-refractivity contribution in [1.29, 1.82) is 0 Å². The second-order valence-corrected chi connectivity index (χ2v) is 3.85. The summed E-state index contributed by atoms with van der Waals surface area (Å²) in [6, 6.07) is 6.76. The molecule has 0 spiro atoms. The fraction of sp³-hybridized carbons (Fsp3) is 0.0714. The summed E-state index contributed by atoms with van der Waals surface area (Å²) in [4.78, 5) is 3.61. The van der Waals surface area contributed by atoms with E-state index >= 15 is 0 Å². The normalized spacial score (nSPS) is 11.8. The number of alkyl halides is 3. The number of benzene rings is 1. The van der Waals surface area contributed by atoms with Crippen LogP contribution in [0.25, 0.3) is 12.2 Å². The Kier molecular flexibility index (Phi) is 4.02. The van der Waals surface area contributed by atoms with E-state index in [0.717, 1.165) is 6.20 Å². The zero-order valence-electron chi connectivity index (χ0n) is 10.1. The van der Waals surface area contributed by atoms with Gasteiger partial charge in [-0.15, -0.1) is 13.2 Å². The van der Waals surface area contributed by atoms with E-state index in [0.29, 0.717) is 11.1 Å². The molecule has 0 amide bonds. The highest BCUT2D eigenvalue weighted by Gasteiger charge is 2.30. The number of nitrogens with zero attached hydrogens (tertiary/aromatic N) is 1. The van der Waals surface area contributed by atoms with E-state index in [2.05, 4.69) is 9.72 Å². The molecule has 0 aliphatic rings. The van der Waals surface area contributed by atoms with Gasteiger partial charge in [0.25, 0.3) is 0 Å². The van der Waals surface area contributed by atoms with Gasteiger partial charge in [0, 0.05) is 11.8 Å². The molecule has 2 nitrogen and oxygen atoms in total. The Morgan fingerprint density at radius 3 is 2.30 bits per heavy atom. The summed E-state index contributed by atoms with van der Waals surface area (Å²) in [5, 5.41) is 0. The van der Waals surface area contributed by atoms with Gasteiger partial charge in [0.1, 0.15) is 11.6 Å². The smallest absolute Gasteiger partial charge is 0.406 e. The molecule has 6 heteroatoms. The summed E-state index contributed by atoms with van der Waals surface area (Å²) in [5.74, 6) is -0.773. The van der Waals surface area contributed by atoms with Crippen molar-refractivity contribution in [2.75, 3.05) is 0 Å². The molecular formula is C14H9F4NO. The van der Waals surface area contributed by atoms with Crippen molar-refractivity contribution in [3.8, 4) is 5.75 Å². The minimum atomic E-state index is -4.71. The Bertz CT molecular complexity index is 605. The average molecular weight is 283 g/mol. The highest BCUT2D eigenvalue weighted by molar-refractivity contribution is 5.69. The molecule has 0 saturated heterocycles. The molecule has 1 aromatic heterocycles. The Morgan fingerprint density at radius 2 is 1.70 bits per heavy atom. The highest BCUT2D eigenvalue weighted by Crippen LogP contribution is 2.23. The lowest BCUT2D eigenvalue weighted by Gasteiger charge is -2.08. The first kappa shape index (κ1) is 14.0. The van der Waals surface area contributed by atoms with E-state index in [-0.39, 0.29) is 5.75 Å². The van der Waals surface area contributed by atoms with E-state index in [1.54, 1.807) is 6.08 Å². The monoisotopic (exact) mass is 283 g/mol. The first-order valence-electron chi connectivity index (χ1n) is 5.57. The van der Waals surface area contributed by atoms with E-state index in [9.17, 15) is 17.6 Å². The maximum Gasteiger partial charge on any atom is 0.573 e. The standard InChI is InChI=1S/C14H9F4NO/c15-13-9-19-8-7-11(13)4-1-10-2-5-12(6-3-10)20-14(16,17)18/h1-9H/b4-1-. The van der Waals surface area contributed by atoms with E-state index in [1.165, 1.54) is 42.6 Å². The van der Waals surface area contributed by atoms with Crippen molar-refractivity contribution in [2.45, 2.75) is 6.36 Å². The maximum atomic E-state index is 13.3. The molecular weight excluding hydrogens is 274 g/mol. The van der Waals surface area contributed by atoms with Crippen molar-refractivity contribution in [2.24, 2.45) is 0 Å². The molecule has 1 aromatic carbocycles. The number of hydrogen-bond acceptors (Lipinski definition) is 2. The second-order valence-electron chi connectivity index (χ2n) is 3.85. The minimum Gasteiger partial charge on any atom is -0.406 e. The van der Waals surface area contributed by atoms with Gasteiger partial charge < -0.3 is 4.74 Å². The number of rotatable bonds is 3. The molecule has 20 heavy (non-hydrogen) atoms. The average Bonchev–Trinajstić information content (AvgIpc) is 2.38. The molecule has 2 aromatic rings. The van der Waals surface area contributed by atoms with Crippen molar-refractivity contribution in [3.63, 3.8) is 0 Å². The predicted molar refractivity (Wildman–Crippen MR) is 66.2 cm³/mol. The molecule has 0 radical (unpaired) electrons. The van der Waals surface area contributed by atoms with Gasteiger partial charge in [-0.05, 0) is 23.8 Å². The molecule has 0 aliphatic carbocycles. The third kappa shape index (κ3) is 4.08. The molecule has 0 unspecified atom stereocenters. The van der Waals surface area contributed by atoms with Gasteiger partial charge >= 0.3 is 6.36 Å². The summed E-state index contributed by atoms with van der Waals surface area (Å²) < 4.78 is 52.9. The Morgan fingerprint density at radius 1 is 1.00 bits per heavy atom. The first-order valence-corrected chi connectivity index (χ1v) is 5.57. The fourth-order valence-corrected chi connectivity index (χ4v) is 1.49. The van der Waals surface area contributed by atoms with Crippen molar-refractivity contribution in [3.05, 3.63) is 59.7 Å². The summed E-state index contributed by atoms with van der Waals surface area (Å²) in [6.07, 6.45) is 0.910. The largest absolute Gasteiger partial charge is 0.573 e. The van der Waals surface area contributed by atoms with Crippen LogP contribution in [0.5, 0.6) is 5.75 Å². The van der Waals surface area contributed by atoms with Crippen LogP contribution in [0.4, 0.5) is 17.6 Å². The van der Waals surface area contributed by atoms with Gasteiger partial charge in [0.15, 0.2) is 0 Å². The maximum absolute atomic E-state index is 13.3. The van der Waals surface area contributed by atoms with E-state index in [1.807, 2.05) is 0 Å². The van der Waals surface area contributed by atoms with E-state index in [4.69, 9.17) is 0 Å². The lowest BCUT2D eigenvalue weighted by Crippen LogP contribution is -2.16. The van der Waals surface area contributed by atoms with Crippen LogP contribution in [-0.4, -0.2) is 11.3 Å². The number of hydrogen-bond donors (Lipinski definition) is 0. The second kappa shape index (κ2) is 5.73. The molecule has 0 N–H and O–H groups in total. The van der Waals surface area contributed by atoms with Gasteiger partial charge in [-0.3, -0.25) is 4.98 Å². The lowest BCUT2D eigenvalue weighted by molar-refractivity contribution is -0.274. The highest BCUT2D eigenvalue weighted by atomic mass is 19.4. The summed E-state index contributed by atoms with van der Waals surface area (Å²) in [5.41, 5.74) is 0.964. The molecule has 2 rings (SSSR count). The molecule has 0 saturated carbocycles. The fourth-order valence-electron chi connectivity index (χ4n) is 1.49. The third-order valence-corrected chi connectivity index (χ3v) is 2.37. The van der Waals surface area contributed by atoms with Crippen molar-refractivity contribution < 1.29 is 22.3 Å². The van der Waals surface area contributed by atoms with Crippen molar-refractivity contribution >= 4 is 12.2 Å². The number of pyridine rings is 1. The van der Waals surface area contributed by atoms with Gasteiger partial charge in [0.2, 0.25) is 0 Å². The van der Waals surface area contributed by atoms with Crippen LogP contribution in [0, 0.1) is 5.82 Å². The molecule has 1 heterocycles. The van der Waals surface area contributed by atoms with Crippen LogP contribution in [0.3, 0.4) is 0 Å². The van der Waals surface area contributed by atoms with E-state index < -0.39 is 12.2 Å². The van der Waals surface area contributed by atoms with Crippen molar-refractivity contribution in [1.82, 2.24) is 4.98 Å². The van der Waals surface area contributed by atoms with Crippen LogP contribution >= 0.6 is 0 Å². The molecule has 0 aliphatic heterocycles. The minimum absolute atomic E-state index is 0.301. The lowest BCUT2D eigenvalue weighted by atomic mass is 10.1. The summed E-state index contributed by atoms with van der Waals surface area (Å²) in [7, 11) is 0. The quantitative estimate of drug-likeness (QED) is 0.784. The van der Waals surface area contributed by atoms with Crippen LogP contribution in [0.15, 0.2) is 42.7 Å². The summed E-state index contributed by atoms with van der Waals surface area (Å²) in [6.45, 7) is 0. The number of ether oxygens (including phenoxy) is 1. The van der Waals surface area contributed by atoms with Crippen LogP contribution in [0.2, 0.25) is 0 Å². The Balaban J connectivity index is 2.10. The predicted octanol–water partition coefficient (Wildman–Crippen LogP) is 4.29. The zero-order chi connectivity index (χ0) is 14.6. The third-order valence-electron chi connectivity index (χ3n) is 2.37. The molecule has 0 bridgehead atoms. The molecule has 104 valence electrons. The van der Waals surface area contributed by atoms with Gasteiger partial charge in [-0.1, -0.05) is 24.3 Å². The van der Waals surface area contributed by atoms with Gasteiger partial charge in [-0.25, -0.2) is 4.39 Å². The van der Waals surface area contributed by atoms with Crippen LogP contribution in [-0.2, 0) is 0 Å². The van der Waals surface area contributed by atoms with Crippen LogP contribution < -0.4 is 4.74 Å². The number of halogens is 4. The van der Waals surface area contributed by atoms with Gasteiger partial charge in [-0.2, -0.15) is 0 Å². The zero-order valence-corrected chi connectivity index (χ0v) is 10.1. The molecule has 0 fully saturated rings. The topological polar surface area (TPSA) is 22.1 Å². The first-order chi connectivity index (χ1) is 9.44. The SMILES string of the molecule is Fc1cnccc1/C=C\c1ccc(OC(F)(F)F)cc1. The Hall–Kier alpha value is -2.37. The van der Waals surface area contributed by atoms with Gasteiger partial charge in [0.05, 0.1) is 6.20 Å². The Labute approximate surface area is 112 Å². The number of aromatic nitrogens is 1. The van der Waals surface area contributed by atoms with Crippen LogP contribution in [0.1, 0.15) is 11.1 Å².